The highest BCUT2D eigenvalue weighted by atomic mass is 35.5. The second-order valence-electron chi connectivity index (χ2n) is 7.86. The lowest BCUT2D eigenvalue weighted by molar-refractivity contribution is -0.156. The minimum Gasteiger partial charge on any atom is -0.374 e. The quantitative estimate of drug-likeness (QED) is 0.670. The molecular weight excluding hydrogens is 404 g/mol. The number of pyridine rings is 1. The van der Waals surface area contributed by atoms with Gasteiger partial charge in [-0.15, -0.1) is 0 Å². The van der Waals surface area contributed by atoms with Crippen LogP contribution < -0.4 is 11.1 Å². The van der Waals surface area contributed by atoms with Crippen molar-refractivity contribution in [3.63, 3.8) is 0 Å². The van der Waals surface area contributed by atoms with E-state index in [1.165, 1.54) is 4.90 Å². The molecule has 2 heterocycles. The van der Waals surface area contributed by atoms with E-state index in [1.807, 2.05) is 12.1 Å². The number of carbonyl (C=O) groups excluding carboxylic acids is 2. The molecule has 0 saturated carbocycles. The Bertz CT molecular complexity index is 983. The minimum absolute atomic E-state index is 0.244. The standard InChI is InChI=1S/C22H25ClN4O3/c23-17-6-5-15(12-24)16(11-17)13-26-20(28)18-4-2-10-27(18)21(29)22(30)8-7-14-3-1-9-25-19(14)22/h1,3,5-6,9,11,18,30H,2,4,7-8,10,12-13,24H2,(H,26,28)/t18-,22?/m0/s1. The zero-order chi connectivity index (χ0) is 21.3. The van der Waals surface area contributed by atoms with Crippen molar-refractivity contribution in [2.24, 2.45) is 5.73 Å². The van der Waals surface area contributed by atoms with Crippen LogP contribution in [0.5, 0.6) is 0 Å². The van der Waals surface area contributed by atoms with Crippen LogP contribution in [0, 0.1) is 0 Å². The molecule has 2 aliphatic rings. The summed E-state index contributed by atoms with van der Waals surface area (Å²) in [6.45, 7) is 1.06. The molecule has 1 unspecified atom stereocenters. The summed E-state index contributed by atoms with van der Waals surface area (Å²) in [7, 11) is 0. The van der Waals surface area contributed by atoms with Gasteiger partial charge in [-0.1, -0.05) is 23.7 Å². The van der Waals surface area contributed by atoms with Gasteiger partial charge < -0.3 is 21.1 Å². The number of aryl methyl sites for hydroxylation is 1. The zero-order valence-electron chi connectivity index (χ0n) is 16.6. The predicted octanol–water partition coefficient (Wildman–Crippen LogP) is 1.63. The normalized spacial score (nSPS) is 22.8. The SMILES string of the molecule is NCc1ccc(Cl)cc1CNC(=O)[C@@H]1CCCN1C(=O)C1(O)CCc2cccnc21. The third-order valence-electron chi connectivity index (χ3n) is 6.05. The molecule has 1 aromatic carbocycles. The Morgan fingerprint density at radius 3 is 2.97 bits per heavy atom. The lowest BCUT2D eigenvalue weighted by atomic mass is 9.98. The second kappa shape index (κ2) is 8.34. The predicted molar refractivity (Wildman–Crippen MR) is 112 cm³/mol. The average molecular weight is 429 g/mol. The topological polar surface area (TPSA) is 109 Å². The Labute approximate surface area is 180 Å². The zero-order valence-corrected chi connectivity index (χ0v) is 17.4. The van der Waals surface area contributed by atoms with Crippen LogP contribution in [0.4, 0.5) is 0 Å². The third kappa shape index (κ3) is 3.69. The van der Waals surface area contributed by atoms with Crippen LogP contribution in [0.2, 0.25) is 5.02 Å². The lowest BCUT2D eigenvalue weighted by Crippen LogP contribution is -2.52. The molecular formula is C22H25ClN4O3. The number of nitrogens with zero attached hydrogens (tertiary/aromatic N) is 2. The van der Waals surface area contributed by atoms with Gasteiger partial charge in [-0.3, -0.25) is 14.6 Å². The fraction of sp³-hybridized carbons (Fsp3) is 0.409. The van der Waals surface area contributed by atoms with E-state index < -0.39 is 17.6 Å². The smallest absolute Gasteiger partial charge is 0.261 e. The van der Waals surface area contributed by atoms with E-state index in [-0.39, 0.29) is 18.9 Å². The molecule has 0 bridgehead atoms. The van der Waals surface area contributed by atoms with Crippen LogP contribution in [0.1, 0.15) is 41.6 Å². The molecule has 8 heteroatoms. The molecule has 2 atom stereocenters. The van der Waals surface area contributed by atoms with Gasteiger partial charge in [0.05, 0.1) is 5.69 Å². The number of aromatic nitrogens is 1. The van der Waals surface area contributed by atoms with Crippen LogP contribution >= 0.6 is 11.6 Å². The summed E-state index contributed by atoms with van der Waals surface area (Å²) in [6, 6.07) is 8.45. The molecule has 2 amide bonds. The number of hydrogen-bond donors (Lipinski definition) is 3. The maximum Gasteiger partial charge on any atom is 0.261 e. The summed E-state index contributed by atoms with van der Waals surface area (Å²) >= 11 is 6.07. The number of hydrogen-bond acceptors (Lipinski definition) is 5. The maximum atomic E-state index is 13.3. The summed E-state index contributed by atoms with van der Waals surface area (Å²) in [5.41, 5.74) is 7.15. The summed E-state index contributed by atoms with van der Waals surface area (Å²) in [6.07, 6.45) is 3.72. The maximum absolute atomic E-state index is 13.3. The summed E-state index contributed by atoms with van der Waals surface area (Å²) in [5, 5.41) is 14.6. The fourth-order valence-corrected chi connectivity index (χ4v) is 4.63. The van der Waals surface area contributed by atoms with E-state index in [4.69, 9.17) is 17.3 Å². The largest absolute Gasteiger partial charge is 0.374 e. The highest BCUT2D eigenvalue weighted by Gasteiger charge is 2.50. The van der Waals surface area contributed by atoms with Gasteiger partial charge in [-0.2, -0.15) is 0 Å². The van der Waals surface area contributed by atoms with Gasteiger partial charge >= 0.3 is 0 Å². The highest BCUT2D eigenvalue weighted by Crippen LogP contribution is 2.38. The first-order valence-electron chi connectivity index (χ1n) is 10.2. The monoisotopic (exact) mass is 428 g/mol. The van der Waals surface area contributed by atoms with Crippen LogP contribution in [0.25, 0.3) is 0 Å². The number of halogens is 1. The number of likely N-dealkylation sites (tertiary alicyclic amines) is 1. The first-order chi connectivity index (χ1) is 14.4. The minimum atomic E-state index is -1.67. The van der Waals surface area contributed by atoms with Crippen LogP contribution in [0.3, 0.4) is 0 Å². The van der Waals surface area contributed by atoms with E-state index in [1.54, 1.807) is 24.4 Å². The Hall–Kier alpha value is -2.48. The van der Waals surface area contributed by atoms with Crippen LogP contribution in [-0.4, -0.2) is 39.4 Å². The van der Waals surface area contributed by atoms with E-state index in [2.05, 4.69) is 10.3 Å². The molecule has 2 aromatic rings. The summed E-state index contributed by atoms with van der Waals surface area (Å²) < 4.78 is 0. The van der Waals surface area contributed by atoms with Crippen molar-refractivity contribution in [3.8, 4) is 0 Å². The van der Waals surface area contributed by atoms with Gasteiger partial charge in [0.15, 0.2) is 5.60 Å². The Morgan fingerprint density at radius 2 is 2.17 bits per heavy atom. The molecule has 1 aromatic heterocycles. The van der Waals surface area contributed by atoms with Gasteiger partial charge in [0.25, 0.3) is 5.91 Å². The lowest BCUT2D eigenvalue weighted by Gasteiger charge is -2.31. The van der Waals surface area contributed by atoms with Crippen molar-refractivity contribution >= 4 is 23.4 Å². The van der Waals surface area contributed by atoms with Crippen molar-refractivity contribution in [1.82, 2.24) is 15.2 Å². The van der Waals surface area contributed by atoms with Crippen LogP contribution in [-0.2, 0) is 34.7 Å². The average Bonchev–Trinajstić information content (AvgIpc) is 3.38. The number of nitrogens with two attached hydrogens (primary N) is 1. The van der Waals surface area contributed by atoms with Gasteiger partial charge in [0, 0.05) is 30.9 Å². The fourth-order valence-electron chi connectivity index (χ4n) is 4.43. The number of carbonyl (C=O) groups is 2. The highest BCUT2D eigenvalue weighted by molar-refractivity contribution is 6.30. The molecule has 0 radical (unpaired) electrons. The van der Waals surface area contributed by atoms with Gasteiger partial charge in [0.2, 0.25) is 5.91 Å². The van der Waals surface area contributed by atoms with Gasteiger partial charge in [-0.25, -0.2) is 0 Å². The molecule has 1 aliphatic carbocycles. The molecule has 1 fully saturated rings. The Balaban J connectivity index is 1.48. The molecule has 158 valence electrons. The van der Waals surface area contributed by atoms with Crippen molar-refractivity contribution in [3.05, 3.63) is 63.9 Å². The molecule has 0 spiro atoms. The van der Waals surface area contributed by atoms with E-state index in [0.29, 0.717) is 43.1 Å². The first-order valence-corrected chi connectivity index (χ1v) is 10.5. The van der Waals surface area contributed by atoms with Crippen LogP contribution in [0.15, 0.2) is 36.5 Å². The Kier molecular flexibility index (Phi) is 5.77. The number of amides is 2. The van der Waals surface area contributed by atoms with Crippen molar-refractivity contribution in [2.75, 3.05) is 6.54 Å². The van der Waals surface area contributed by atoms with Crippen molar-refractivity contribution in [2.45, 2.75) is 50.4 Å². The summed E-state index contributed by atoms with van der Waals surface area (Å²) in [5.74, 6) is -0.686. The number of rotatable bonds is 5. The van der Waals surface area contributed by atoms with Crippen molar-refractivity contribution in [1.29, 1.82) is 0 Å². The van der Waals surface area contributed by atoms with E-state index in [0.717, 1.165) is 16.7 Å². The molecule has 7 nitrogen and oxygen atoms in total. The molecule has 30 heavy (non-hydrogen) atoms. The molecule has 4 rings (SSSR count). The second-order valence-corrected chi connectivity index (χ2v) is 8.30. The third-order valence-corrected chi connectivity index (χ3v) is 6.29. The summed E-state index contributed by atoms with van der Waals surface area (Å²) in [4.78, 5) is 32.0. The number of nitrogens with one attached hydrogen (secondary N) is 1. The van der Waals surface area contributed by atoms with E-state index in [9.17, 15) is 14.7 Å². The van der Waals surface area contributed by atoms with E-state index >= 15 is 0 Å². The molecule has 4 N–H and O–H groups in total. The van der Waals surface area contributed by atoms with Gasteiger partial charge in [-0.05, 0) is 60.6 Å². The molecule has 1 saturated heterocycles. The number of benzene rings is 1. The Morgan fingerprint density at radius 1 is 1.33 bits per heavy atom. The number of fused-ring (bicyclic) bond motifs is 1. The number of aliphatic hydroxyl groups is 1. The van der Waals surface area contributed by atoms with Gasteiger partial charge in [0.1, 0.15) is 6.04 Å². The van der Waals surface area contributed by atoms with Crippen molar-refractivity contribution < 1.29 is 14.7 Å². The first kappa shape index (κ1) is 20.8. The molecule has 1 aliphatic heterocycles.